The van der Waals surface area contributed by atoms with Crippen LogP contribution < -0.4 is 14.2 Å². The molecule has 2 aromatic rings. The van der Waals surface area contributed by atoms with Crippen LogP contribution in [0, 0.1) is 6.92 Å². The van der Waals surface area contributed by atoms with E-state index in [4.69, 9.17) is 14.2 Å². The van der Waals surface area contributed by atoms with Crippen LogP contribution >= 0.6 is 0 Å². The van der Waals surface area contributed by atoms with E-state index >= 15 is 0 Å². The zero-order valence-corrected chi connectivity index (χ0v) is 14.9. The molecule has 0 radical (unpaired) electrons. The summed E-state index contributed by atoms with van der Waals surface area (Å²) >= 11 is 0. The van der Waals surface area contributed by atoms with Gasteiger partial charge in [0, 0.05) is 5.56 Å². The maximum Gasteiger partial charge on any atom is 0.178 e. The number of aryl methyl sites for hydroxylation is 1. The number of ketones is 1. The molecule has 2 aromatic carbocycles. The second kappa shape index (κ2) is 8.73. The largest absolute Gasteiger partial charge is 0.496 e. The van der Waals surface area contributed by atoms with Crippen molar-refractivity contribution >= 4 is 17.9 Å². The fourth-order valence-corrected chi connectivity index (χ4v) is 2.48. The Kier molecular flexibility index (Phi) is 6.40. The first kappa shape index (κ1) is 18.3. The van der Waals surface area contributed by atoms with Crippen LogP contribution in [0.5, 0.6) is 17.2 Å². The Hall–Kier alpha value is -3.01. The van der Waals surface area contributed by atoms with Crippen molar-refractivity contribution in [2.24, 2.45) is 0 Å². The van der Waals surface area contributed by atoms with Crippen molar-refractivity contribution < 1.29 is 19.0 Å². The molecule has 0 unspecified atom stereocenters. The highest BCUT2D eigenvalue weighted by Gasteiger charge is 2.07. The number of hydrogen-bond acceptors (Lipinski definition) is 4. The molecule has 0 spiro atoms. The monoisotopic (exact) mass is 338 g/mol. The molecule has 4 heteroatoms. The number of ether oxygens (including phenoxy) is 3. The molecule has 0 saturated carbocycles. The minimum absolute atomic E-state index is 0.140. The number of carbonyl (C=O) groups excluding carboxylic acids is 1. The number of benzene rings is 2. The molecule has 0 atom stereocenters. The average molecular weight is 338 g/mol. The predicted octanol–water partition coefficient (Wildman–Crippen LogP) is 4.32. The lowest BCUT2D eigenvalue weighted by molar-refractivity contribution is -0.110. The number of allylic oxidation sites excluding steroid dienone is 2. The van der Waals surface area contributed by atoms with Crippen LogP contribution in [-0.4, -0.2) is 27.1 Å². The van der Waals surface area contributed by atoms with Gasteiger partial charge < -0.3 is 14.2 Å². The molecule has 0 saturated heterocycles. The summed E-state index contributed by atoms with van der Waals surface area (Å²) in [6.07, 6.45) is 6.46. The van der Waals surface area contributed by atoms with E-state index in [0.29, 0.717) is 11.5 Å². The molecular formula is C21H22O4. The third-order valence-corrected chi connectivity index (χ3v) is 3.80. The van der Waals surface area contributed by atoms with Crippen LogP contribution in [0.25, 0.3) is 12.2 Å². The first-order valence-corrected chi connectivity index (χ1v) is 7.85. The molecule has 0 heterocycles. The normalized spacial score (nSPS) is 11.0. The van der Waals surface area contributed by atoms with Gasteiger partial charge in [-0.25, -0.2) is 0 Å². The Bertz CT molecular complexity index is 781. The van der Waals surface area contributed by atoms with E-state index in [2.05, 4.69) is 0 Å². The lowest BCUT2D eigenvalue weighted by Gasteiger charge is -2.09. The standard InChI is InChI=1S/C21H22O4/c1-15-7-5-8-19(23-2)17(15)13-11-16(22)12-14-18-20(24-3)9-6-10-21(18)25-4/h5-14H,1-4H3. The van der Waals surface area contributed by atoms with Crippen molar-refractivity contribution in [3.05, 3.63) is 65.2 Å². The zero-order valence-electron chi connectivity index (χ0n) is 14.9. The predicted molar refractivity (Wildman–Crippen MR) is 100 cm³/mol. The molecule has 0 fully saturated rings. The molecule has 0 aromatic heterocycles. The SMILES string of the molecule is COc1cccc(C)c1C=CC(=O)C=Cc1c(OC)cccc1OC. The second-order valence-electron chi connectivity index (χ2n) is 5.34. The van der Waals surface area contributed by atoms with Gasteiger partial charge in [-0.05, 0) is 55.0 Å². The van der Waals surface area contributed by atoms with Gasteiger partial charge in [0.25, 0.3) is 0 Å². The quantitative estimate of drug-likeness (QED) is 0.706. The summed E-state index contributed by atoms with van der Waals surface area (Å²) in [5.74, 6) is 1.89. The summed E-state index contributed by atoms with van der Waals surface area (Å²) in [5.41, 5.74) is 2.66. The van der Waals surface area contributed by atoms with E-state index in [1.54, 1.807) is 33.5 Å². The van der Waals surface area contributed by atoms with Gasteiger partial charge in [0.1, 0.15) is 17.2 Å². The second-order valence-corrected chi connectivity index (χ2v) is 5.34. The maximum atomic E-state index is 12.2. The van der Waals surface area contributed by atoms with Crippen LogP contribution in [0.15, 0.2) is 48.6 Å². The van der Waals surface area contributed by atoms with Gasteiger partial charge in [0.2, 0.25) is 0 Å². The van der Waals surface area contributed by atoms with Crippen molar-refractivity contribution in [2.45, 2.75) is 6.92 Å². The third-order valence-electron chi connectivity index (χ3n) is 3.80. The van der Waals surface area contributed by atoms with Gasteiger partial charge in [-0.15, -0.1) is 0 Å². The van der Waals surface area contributed by atoms with E-state index in [0.717, 1.165) is 22.4 Å². The van der Waals surface area contributed by atoms with Crippen LogP contribution in [0.2, 0.25) is 0 Å². The van der Waals surface area contributed by atoms with Crippen molar-refractivity contribution in [1.29, 1.82) is 0 Å². The zero-order chi connectivity index (χ0) is 18.2. The first-order chi connectivity index (χ1) is 12.1. The first-order valence-electron chi connectivity index (χ1n) is 7.85. The summed E-state index contributed by atoms with van der Waals surface area (Å²) in [5, 5.41) is 0. The minimum Gasteiger partial charge on any atom is -0.496 e. The molecule has 2 rings (SSSR count). The fraction of sp³-hybridized carbons (Fsp3) is 0.190. The Morgan fingerprint density at radius 2 is 1.20 bits per heavy atom. The summed E-state index contributed by atoms with van der Waals surface area (Å²) in [4.78, 5) is 12.2. The number of rotatable bonds is 7. The smallest absolute Gasteiger partial charge is 0.178 e. The highest BCUT2D eigenvalue weighted by Crippen LogP contribution is 2.29. The average Bonchev–Trinajstić information content (AvgIpc) is 2.64. The number of methoxy groups -OCH3 is 3. The van der Waals surface area contributed by atoms with Crippen molar-refractivity contribution in [2.75, 3.05) is 21.3 Å². The highest BCUT2D eigenvalue weighted by molar-refractivity contribution is 6.05. The van der Waals surface area contributed by atoms with Gasteiger partial charge >= 0.3 is 0 Å². The van der Waals surface area contributed by atoms with Crippen LogP contribution in [0.4, 0.5) is 0 Å². The third kappa shape index (κ3) is 4.51. The Morgan fingerprint density at radius 3 is 1.72 bits per heavy atom. The summed E-state index contributed by atoms with van der Waals surface area (Å²) in [6, 6.07) is 11.2. The highest BCUT2D eigenvalue weighted by atomic mass is 16.5. The molecule has 0 bridgehead atoms. The van der Waals surface area contributed by atoms with Crippen molar-refractivity contribution in [3.63, 3.8) is 0 Å². The molecule has 25 heavy (non-hydrogen) atoms. The number of carbonyl (C=O) groups is 1. The Balaban J connectivity index is 2.23. The molecule has 4 nitrogen and oxygen atoms in total. The molecule has 0 aliphatic rings. The molecular weight excluding hydrogens is 316 g/mol. The van der Waals surface area contributed by atoms with Gasteiger partial charge in [-0.3, -0.25) is 4.79 Å². The van der Waals surface area contributed by atoms with E-state index in [1.165, 1.54) is 12.2 Å². The van der Waals surface area contributed by atoms with E-state index < -0.39 is 0 Å². The lowest BCUT2D eigenvalue weighted by atomic mass is 10.1. The van der Waals surface area contributed by atoms with Crippen LogP contribution in [0.3, 0.4) is 0 Å². The molecule has 0 aliphatic carbocycles. The lowest BCUT2D eigenvalue weighted by Crippen LogP contribution is -1.93. The Labute approximate surface area is 148 Å². The Morgan fingerprint density at radius 1 is 0.760 bits per heavy atom. The summed E-state index contributed by atoms with van der Waals surface area (Å²) in [6.45, 7) is 1.97. The maximum absolute atomic E-state index is 12.2. The number of hydrogen-bond donors (Lipinski definition) is 0. The van der Waals surface area contributed by atoms with Crippen LogP contribution in [0.1, 0.15) is 16.7 Å². The van der Waals surface area contributed by atoms with Gasteiger partial charge in [-0.1, -0.05) is 18.2 Å². The van der Waals surface area contributed by atoms with Gasteiger partial charge in [-0.2, -0.15) is 0 Å². The molecule has 0 aliphatic heterocycles. The van der Waals surface area contributed by atoms with Gasteiger partial charge in [0.15, 0.2) is 5.78 Å². The minimum atomic E-state index is -0.140. The molecule has 0 amide bonds. The molecule has 130 valence electrons. The summed E-state index contributed by atoms with van der Waals surface area (Å²) in [7, 11) is 4.78. The van der Waals surface area contributed by atoms with Crippen molar-refractivity contribution in [1.82, 2.24) is 0 Å². The van der Waals surface area contributed by atoms with E-state index in [9.17, 15) is 4.79 Å². The van der Waals surface area contributed by atoms with E-state index in [1.807, 2.05) is 43.3 Å². The summed E-state index contributed by atoms with van der Waals surface area (Å²) < 4.78 is 16.0. The molecule has 0 N–H and O–H groups in total. The van der Waals surface area contributed by atoms with Crippen molar-refractivity contribution in [3.8, 4) is 17.2 Å². The van der Waals surface area contributed by atoms with Crippen LogP contribution in [-0.2, 0) is 4.79 Å². The topological polar surface area (TPSA) is 44.8 Å². The van der Waals surface area contributed by atoms with Gasteiger partial charge in [0.05, 0.1) is 26.9 Å². The fourth-order valence-electron chi connectivity index (χ4n) is 2.48. The van der Waals surface area contributed by atoms with E-state index in [-0.39, 0.29) is 5.78 Å².